The monoisotopic (exact) mass is 299 g/mol. The summed E-state index contributed by atoms with van der Waals surface area (Å²) in [5.41, 5.74) is 2.38. The zero-order valence-corrected chi connectivity index (χ0v) is 13.7. The van der Waals surface area contributed by atoms with Crippen molar-refractivity contribution in [3.63, 3.8) is 0 Å². The fraction of sp³-hybridized carbons (Fsp3) is 0.368. The van der Waals surface area contributed by atoms with Crippen LogP contribution in [0.15, 0.2) is 48.5 Å². The maximum atomic E-state index is 5.85. The van der Waals surface area contributed by atoms with Crippen molar-refractivity contribution >= 4 is 0 Å². The molecule has 0 aliphatic heterocycles. The van der Waals surface area contributed by atoms with Gasteiger partial charge >= 0.3 is 0 Å². The van der Waals surface area contributed by atoms with Crippen molar-refractivity contribution in [2.24, 2.45) is 0 Å². The van der Waals surface area contributed by atoms with Gasteiger partial charge in [0.15, 0.2) is 0 Å². The maximum Gasteiger partial charge on any atom is 0.123 e. The standard InChI is InChI=1S/C19H25NO2/c1-4-21-19-12-8-6-10-17(19)15-20(3)13-14-22-18-11-7-5-9-16(18)2/h5-12H,4,13-15H2,1-3H3. The molecule has 3 nitrogen and oxygen atoms in total. The number of benzene rings is 2. The third-order valence-corrected chi connectivity index (χ3v) is 3.54. The molecule has 0 heterocycles. The largest absolute Gasteiger partial charge is 0.494 e. The van der Waals surface area contributed by atoms with E-state index in [2.05, 4.69) is 37.1 Å². The minimum absolute atomic E-state index is 0.679. The molecule has 0 bridgehead atoms. The molecule has 3 heteroatoms. The molecule has 0 saturated heterocycles. The number of nitrogens with zero attached hydrogens (tertiary/aromatic N) is 1. The maximum absolute atomic E-state index is 5.85. The summed E-state index contributed by atoms with van der Waals surface area (Å²) < 4.78 is 11.5. The highest BCUT2D eigenvalue weighted by Crippen LogP contribution is 2.19. The smallest absolute Gasteiger partial charge is 0.123 e. The summed E-state index contributed by atoms with van der Waals surface area (Å²) in [6, 6.07) is 16.3. The quantitative estimate of drug-likeness (QED) is 0.738. The zero-order valence-electron chi connectivity index (χ0n) is 13.7. The lowest BCUT2D eigenvalue weighted by molar-refractivity contribution is 0.229. The van der Waals surface area contributed by atoms with Gasteiger partial charge in [0.1, 0.15) is 18.1 Å². The van der Waals surface area contributed by atoms with Crippen molar-refractivity contribution in [2.75, 3.05) is 26.8 Å². The number of hydrogen-bond acceptors (Lipinski definition) is 3. The highest BCUT2D eigenvalue weighted by molar-refractivity contribution is 5.33. The first-order valence-electron chi connectivity index (χ1n) is 7.78. The molecule has 0 fully saturated rings. The van der Waals surface area contributed by atoms with E-state index in [1.807, 2.05) is 37.3 Å². The minimum Gasteiger partial charge on any atom is -0.494 e. The summed E-state index contributed by atoms with van der Waals surface area (Å²) in [5.74, 6) is 1.93. The minimum atomic E-state index is 0.679. The number of aryl methyl sites for hydroxylation is 1. The fourth-order valence-electron chi connectivity index (χ4n) is 2.33. The lowest BCUT2D eigenvalue weighted by atomic mass is 10.2. The molecular weight excluding hydrogens is 274 g/mol. The molecule has 0 amide bonds. The molecule has 0 N–H and O–H groups in total. The Labute approximate surface area is 133 Å². The van der Waals surface area contributed by atoms with Gasteiger partial charge in [-0.3, -0.25) is 4.90 Å². The van der Waals surface area contributed by atoms with Crippen LogP contribution in [0, 0.1) is 6.92 Å². The van der Waals surface area contributed by atoms with E-state index < -0.39 is 0 Å². The van der Waals surface area contributed by atoms with Gasteiger partial charge in [-0.05, 0) is 38.6 Å². The molecule has 22 heavy (non-hydrogen) atoms. The van der Waals surface area contributed by atoms with Crippen LogP contribution in [0.4, 0.5) is 0 Å². The molecule has 0 aliphatic carbocycles. The Bertz CT molecular complexity index is 583. The van der Waals surface area contributed by atoms with Crippen molar-refractivity contribution in [1.29, 1.82) is 0 Å². The van der Waals surface area contributed by atoms with E-state index in [-0.39, 0.29) is 0 Å². The van der Waals surface area contributed by atoms with Gasteiger partial charge in [-0.15, -0.1) is 0 Å². The van der Waals surface area contributed by atoms with E-state index in [9.17, 15) is 0 Å². The van der Waals surface area contributed by atoms with Crippen LogP contribution in [0.5, 0.6) is 11.5 Å². The molecular formula is C19H25NO2. The first-order valence-corrected chi connectivity index (χ1v) is 7.78. The molecule has 0 unspecified atom stereocenters. The molecule has 0 saturated carbocycles. The van der Waals surface area contributed by atoms with Crippen molar-refractivity contribution < 1.29 is 9.47 Å². The lowest BCUT2D eigenvalue weighted by Crippen LogP contribution is -2.24. The summed E-state index contributed by atoms with van der Waals surface area (Å²) >= 11 is 0. The molecule has 0 radical (unpaired) electrons. The molecule has 2 rings (SSSR count). The fourth-order valence-corrected chi connectivity index (χ4v) is 2.33. The number of para-hydroxylation sites is 2. The topological polar surface area (TPSA) is 21.7 Å². The van der Waals surface area contributed by atoms with E-state index in [0.29, 0.717) is 13.2 Å². The van der Waals surface area contributed by atoms with E-state index >= 15 is 0 Å². The summed E-state index contributed by atoms with van der Waals surface area (Å²) in [5, 5.41) is 0. The van der Waals surface area contributed by atoms with Gasteiger partial charge in [0.2, 0.25) is 0 Å². The van der Waals surface area contributed by atoms with E-state index in [1.165, 1.54) is 11.1 Å². The Morgan fingerprint density at radius 1 is 0.909 bits per heavy atom. The molecule has 118 valence electrons. The average molecular weight is 299 g/mol. The summed E-state index contributed by atoms with van der Waals surface area (Å²) in [6.45, 7) is 7.17. The van der Waals surface area contributed by atoms with E-state index in [4.69, 9.17) is 9.47 Å². The molecule has 0 spiro atoms. The van der Waals surface area contributed by atoms with Crippen LogP contribution < -0.4 is 9.47 Å². The molecule has 0 atom stereocenters. The Hall–Kier alpha value is -2.00. The van der Waals surface area contributed by atoms with Crippen LogP contribution >= 0.6 is 0 Å². The summed E-state index contributed by atoms with van der Waals surface area (Å²) in [7, 11) is 2.10. The van der Waals surface area contributed by atoms with Crippen molar-refractivity contribution in [3.05, 3.63) is 59.7 Å². The van der Waals surface area contributed by atoms with Gasteiger partial charge in [0.25, 0.3) is 0 Å². The molecule has 0 aliphatic rings. The molecule has 2 aromatic carbocycles. The zero-order chi connectivity index (χ0) is 15.8. The van der Waals surface area contributed by atoms with E-state index in [0.717, 1.165) is 24.6 Å². The van der Waals surface area contributed by atoms with Gasteiger partial charge in [0.05, 0.1) is 6.61 Å². The van der Waals surface area contributed by atoms with Gasteiger partial charge < -0.3 is 9.47 Å². The first kappa shape index (κ1) is 16.4. The highest BCUT2D eigenvalue weighted by Gasteiger charge is 2.06. The third-order valence-electron chi connectivity index (χ3n) is 3.54. The Morgan fingerprint density at radius 3 is 2.32 bits per heavy atom. The highest BCUT2D eigenvalue weighted by atomic mass is 16.5. The van der Waals surface area contributed by atoms with Gasteiger partial charge in [-0.1, -0.05) is 36.4 Å². The van der Waals surface area contributed by atoms with Crippen molar-refractivity contribution in [3.8, 4) is 11.5 Å². The van der Waals surface area contributed by atoms with Crippen molar-refractivity contribution in [1.82, 2.24) is 4.90 Å². The van der Waals surface area contributed by atoms with Crippen LogP contribution in [0.3, 0.4) is 0 Å². The Balaban J connectivity index is 1.83. The second-order valence-corrected chi connectivity index (χ2v) is 5.39. The number of ether oxygens (including phenoxy) is 2. The predicted octanol–water partition coefficient (Wildman–Crippen LogP) is 3.90. The van der Waals surface area contributed by atoms with Crippen LogP contribution in [-0.2, 0) is 6.54 Å². The third kappa shape index (κ3) is 4.78. The van der Waals surface area contributed by atoms with Crippen LogP contribution in [0.1, 0.15) is 18.1 Å². The second-order valence-electron chi connectivity index (χ2n) is 5.39. The number of likely N-dealkylation sites (N-methyl/N-ethyl adjacent to an activating group) is 1. The van der Waals surface area contributed by atoms with Crippen LogP contribution in [-0.4, -0.2) is 31.7 Å². The van der Waals surface area contributed by atoms with Crippen molar-refractivity contribution in [2.45, 2.75) is 20.4 Å². The first-order chi connectivity index (χ1) is 10.7. The number of hydrogen-bond donors (Lipinski definition) is 0. The predicted molar refractivity (Wildman–Crippen MR) is 90.6 cm³/mol. The Morgan fingerprint density at radius 2 is 1.59 bits per heavy atom. The average Bonchev–Trinajstić information content (AvgIpc) is 2.51. The molecule has 0 aromatic heterocycles. The molecule has 2 aromatic rings. The van der Waals surface area contributed by atoms with Gasteiger partial charge in [0, 0.05) is 18.7 Å². The normalized spacial score (nSPS) is 10.7. The van der Waals surface area contributed by atoms with Crippen LogP contribution in [0.25, 0.3) is 0 Å². The van der Waals surface area contributed by atoms with Crippen LogP contribution in [0.2, 0.25) is 0 Å². The SMILES string of the molecule is CCOc1ccccc1CN(C)CCOc1ccccc1C. The van der Waals surface area contributed by atoms with E-state index in [1.54, 1.807) is 0 Å². The number of rotatable bonds is 8. The second kappa shape index (κ2) is 8.44. The Kier molecular flexibility index (Phi) is 6.28. The summed E-state index contributed by atoms with van der Waals surface area (Å²) in [6.07, 6.45) is 0. The summed E-state index contributed by atoms with van der Waals surface area (Å²) in [4.78, 5) is 2.25. The lowest BCUT2D eigenvalue weighted by Gasteiger charge is -2.19. The van der Waals surface area contributed by atoms with Gasteiger partial charge in [-0.25, -0.2) is 0 Å². The van der Waals surface area contributed by atoms with Gasteiger partial charge in [-0.2, -0.15) is 0 Å².